The number of hydrogen-bond donors (Lipinski definition) is 1. The van der Waals surface area contributed by atoms with Gasteiger partial charge in [-0.3, -0.25) is 9.78 Å². The number of hydrogen-bond acceptors (Lipinski definition) is 4. The summed E-state index contributed by atoms with van der Waals surface area (Å²) in [5, 5.41) is 3.89. The van der Waals surface area contributed by atoms with E-state index in [1.165, 1.54) is 16.7 Å². The molecule has 4 rings (SSSR count). The van der Waals surface area contributed by atoms with Crippen molar-refractivity contribution in [3.8, 4) is 0 Å². The zero-order valence-electron chi connectivity index (χ0n) is 18.1. The molecule has 0 unspecified atom stereocenters. The van der Waals surface area contributed by atoms with Gasteiger partial charge in [0.25, 0.3) is 0 Å². The standard InChI is InChI=1S/C25H26N4OS/c1-4-19-7-5-6-8-21(19)27-24(30)15-29-23-14-26-12-11-22(23)28-25(29)31-16-20-13-17(2)9-10-18(20)3/h5-14H,4,15-16H2,1-3H3,(H,27,30). The smallest absolute Gasteiger partial charge is 0.244 e. The number of para-hydroxylation sites is 1. The van der Waals surface area contributed by atoms with E-state index < -0.39 is 0 Å². The Bertz CT molecular complexity index is 1230. The largest absolute Gasteiger partial charge is 0.324 e. The SMILES string of the molecule is CCc1ccccc1NC(=O)Cn1c(SCc2cc(C)ccc2C)nc2ccncc21. The van der Waals surface area contributed by atoms with Gasteiger partial charge >= 0.3 is 0 Å². The minimum Gasteiger partial charge on any atom is -0.324 e. The van der Waals surface area contributed by atoms with Crippen LogP contribution in [-0.4, -0.2) is 20.4 Å². The predicted molar refractivity (Wildman–Crippen MR) is 127 cm³/mol. The first-order chi connectivity index (χ1) is 15.0. The van der Waals surface area contributed by atoms with E-state index in [1.807, 2.05) is 34.9 Å². The van der Waals surface area contributed by atoms with Crippen molar-refractivity contribution in [2.75, 3.05) is 5.32 Å². The highest BCUT2D eigenvalue weighted by Gasteiger charge is 2.16. The lowest BCUT2D eigenvalue weighted by Gasteiger charge is -2.12. The molecule has 4 aromatic rings. The molecule has 158 valence electrons. The molecule has 0 saturated carbocycles. The predicted octanol–water partition coefficient (Wildman–Crippen LogP) is 5.54. The highest BCUT2D eigenvalue weighted by Crippen LogP contribution is 2.28. The normalized spacial score (nSPS) is 11.1. The molecule has 1 N–H and O–H groups in total. The van der Waals surface area contributed by atoms with Crippen molar-refractivity contribution in [1.29, 1.82) is 0 Å². The second-order valence-corrected chi connectivity index (χ2v) is 8.56. The van der Waals surface area contributed by atoms with Crippen LogP contribution >= 0.6 is 11.8 Å². The van der Waals surface area contributed by atoms with Crippen LogP contribution in [0.2, 0.25) is 0 Å². The number of carbonyl (C=O) groups is 1. The number of benzene rings is 2. The van der Waals surface area contributed by atoms with Gasteiger partial charge in [0, 0.05) is 17.6 Å². The number of thioether (sulfide) groups is 1. The molecular formula is C25H26N4OS. The van der Waals surface area contributed by atoms with Gasteiger partial charge in [0.05, 0.1) is 17.2 Å². The Morgan fingerprint density at radius 1 is 1.10 bits per heavy atom. The molecule has 2 aromatic heterocycles. The van der Waals surface area contributed by atoms with E-state index in [0.717, 1.165) is 39.6 Å². The fourth-order valence-corrected chi connectivity index (χ4v) is 4.67. The minimum absolute atomic E-state index is 0.0716. The first-order valence-electron chi connectivity index (χ1n) is 10.4. The van der Waals surface area contributed by atoms with E-state index in [4.69, 9.17) is 4.98 Å². The van der Waals surface area contributed by atoms with Gasteiger partial charge in [0.15, 0.2) is 5.16 Å². The number of pyridine rings is 1. The summed E-state index contributed by atoms with van der Waals surface area (Å²) < 4.78 is 1.96. The third-order valence-electron chi connectivity index (χ3n) is 5.35. The van der Waals surface area contributed by atoms with E-state index in [9.17, 15) is 4.79 Å². The summed E-state index contributed by atoms with van der Waals surface area (Å²) in [7, 11) is 0. The quantitative estimate of drug-likeness (QED) is 0.391. The average Bonchev–Trinajstić information content (AvgIpc) is 3.12. The van der Waals surface area contributed by atoms with Crippen molar-refractivity contribution in [1.82, 2.24) is 14.5 Å². The van der Waals surface area contributed by atoms with Crippen LogP contribution in [0, 0.1) is 13.8 Å². The van der Waals surface area contributed by atoms with Gasteiger partial charge in [-0.2, -0.15) is 0 Å². The molecule has 0 atom stereocenters. The molecule has 0 bridgehead atoms. The summed E-state index contributed by atoms with van der Waals surface area (Å²) >= 11 is 1.65. The number of nitrogens with one attached hydrogen (secondary N) is 1. The van der Waals surface area contributed by atoms with Crippen molar-refractivity contribution in [2.24, 2.45) is 0 Å². The van der Waals surface area contributed by atoms with Gasteiger partial charge in [-0.05, 0) is 49.1 Å². The molecule has 0 saturated heterocycles. The Hall–Kier alpha value is -3.12. The lowest BCUT2D eigenvalue weighted by molar-refractivity contribution is -0.116. The number of fused-ring (bicyclic) bond motifs is 1. The first-order valence-corrected chi connectivity index (χ1v) is 11.4. The zero-order chi connectivity index (χ0) is 21.8. The number of anilines is 1. The second kappa shape index (κ2) is 9.35. The molecule has 31 heavy (non-hydrogen) atoms. The van der Waals surface area contributed by atoms with Gasteiger partial charge in [0.2, 0.25) is 5.91 Å². The number of carbonyl (C=O) groups excluding carboxylic acids is 1. The lowest BCUT2D eigenvalue weighted by atomic mass is 10.1. The molecular weight excluding hydrogens is 404 g/mol. The number of aryl methyl sites for hydroxylation is 3. The van der Waals surface area contributed by atoms with E-state index in [2.05, 4.69) is 49.3 Å². The van der Waals surface area contributed by atoms with Crippen LogP contribution in [0.15, 0.2) is 66.1 Å². The van der Waals surface area contributed by atoms with Crippen molar-refractivity contribution in [3.63, 3.8) is 0 Å². The van der Waals surface area contributed by atoms with Crippen LogP contribution in [0.3, 0.4) is 0 Å². The van der Waals surface area contributed by atoms with Crippen LogP contribution in [0.4, 0.5) is 5.69 Å². The first kappa shape index (κ1) is 21.1. The van der Waals surface area contributed by atoms with Crippen LogP contribution < -0.4 is 5.32 Å². The Morgan fingerprint density at radius 2 is 1.94 bits per heavy atom. The van der Waals surface area contributed by atoms with E-state index in [1.54, 1.807) is 24.2 Å². The molecule has 2 aromatic carbocycles. The summed E-state index contributed by atoms with van der Waals surface area (Å²) in [5.41, 5.74) is 7.48. The lowest BCUT2D eigenvalue weighted by Crippen LogP contribution is -2.20. The van der Waals surface area contributed by atoms with Crippen molar-refractivity contribution >= 4 is 34.4 Å². The van der Waals surface area contributed by atoms with Gasteiger partial charge in [-0.1, -0.05) is 60.6 Å². The summed E-state index contributed by atoms with van der Waals surface area (Å²) in [6.07, 6.45) is 4.37. The van der Waals surface area contributed by atoms with Gasteiger partial charge in [0.1, 0.15) is 6.54 Å². The zero-order valence-corrected chi connectivity index (χ0v) is 18.9. The molecule has 6 heteroatoms. The maximum Gasteiger partial charge on any atom is 0.244 e. The van der Waals surface area contributed by atoms with Gasteiger partial charge in [-0.15, -0.1) is 0 Å². The molecule has 0 fully saturated rings. The van der Waals surface area contributed by atoms with Crippen LogP contribution in [0.1, 0.15) is 29.2 Å². The second-order valence-electron chi connectivity index (χ2n) is 7.62. The number of rotatable bonds is 7. The maximum atomic E-state index is 12.9. The molecule has 0 aliphatic heterocycles. The molecule has 0 aliphatic rings. The maximum absolute atomic E-state index is 12.9. The van der Waals surface area contributed by atoms with E-state index in [0.29, 0.717) is 0 Å². The summed E-state index contributed by atoms with van der Waals surface area (Å²) in [4.78, 5) is 22.0. The van der Waals surface area contributed by atoms with Crippen LogP contribution in [0.5, 0.6) is 0 Å². The Morgan fingerprint density at radius 3 is 2.77 bits per heavy atom. The number of nitrogens with zero attached hydrogens (tertiary/aromatic N) is 3. The van der Waals surface area contributed by atoms with Gasteiger partial charge in [-0.25, -0.2) is 4.98 Å². The van der Waals surface area contributed by atoms with Crippen molar-refractivity contribution in [3.05, 3.63) is 83.2 Å². The number of aromatic nitrogens is 3. The monoisotopic (exact) mass is 430 g/mol. The molecule has 1 amide bonds. The fourth-order valence-electron chi connectivity index (χ4n) is 3.59. The Kier molecular flexibility index (Phi) is 6.37. The fraction of sp³-hybridized carbons (Fsp3) is 0.240. The summed E-state index contributed by atoms with van der Waals surface area (Å²) in [6, 6.07) is 16.3. The number of imidazole rings is 1. The van der Waals surface area contributed by atoms with E-state index >= 15 is 0 Å². The van der Waals surface area contributed by atoms with Crippen LogP contribution in [-0.2, 0) is 23.5 Å². The van der Waals surface area contributed by atoms with Crippen molar-refractivity contribution < 1.29 is 4.79 Å². The van der Waals surface area contributed by atoms with E-state index in [-0.39, 0.29) is 12.5 Å². The highest BCUT2D eigenvalue weighted by atomic mass is 32.2. The average molecular weight is 431 g/mol. The third kappa shape index (κ3) is 4.80. The molecule has 2 heterocycles. The summed E-state index contributed by atoms with van der Waals surface area (Å²) in [5.74, 6) is 0.725. The molecule has 0 spiro atoms. The van der Waals surface area contributed by atoms with Gasteiger partial charge < -0.3 is 9.88 Å². The molecule has 0 aliphatic carbocycles. The minimum atomic E-state index is -0.0716. The molecule has 0 radical (unpaired) electrons. The summed E-state index contributed by atoms with van der Waals surface area (Å²) in [6.45, 7) is 6.51. The van der Waals surface area contributed by atoms with Crippen LogP contribution in [0.25, 0.3) is 11.0 Å². The third-order valence-corrected chi connectivity index (χ3v) is 6.38. The topological polar surface area (TPSA) is 59.8 Å². The molecule has 5 nitrogen and oxygen atoms in total. The Labute approximate surface area is 186 Å². The highest BCUT2D eigenvalue weighted by molar-refractivity contribution is 7.98. The van der Waals surface area contributed by atoms with Crippen molar-refractivity contribution in [2.45, 2.75) is 44.6 Å². The number of amides is 1. The Balaban J connectivity index is 1.59.